The molecule has 0 N–H and O–H groups in total. The Balaban J connectivity index is 1.35. The van der Waals surface area contributed by atoms with Gasteiger partial charge in [0.2, 0.25) is 11.8 Å². The van der Waals surface area contributed by atoms with Gasteiger partial charge in [-0.15, -0.1) is 0 Å². The van der Waals surface area contributed by atoms with Crippen molar-refractivity contribution in [3.05, 3.63) is 88.6 Å². The number of aryl methyl sites for hydroxylation is 1. The first-order chi connectivity index (χ1) is 17.5. The van der Waals surface area contributed by atoms with Gasteiger partial charge in [0.1, 0.15) is 11.1 Å². The average molecular weight is 498 g/mol. The summed E-state index contributed by atoms with van der Waals surface area (Å²) < 4.78 is 4.69. The van der Waals surface area contributed by atoms with Gasteiger partial charge in [-0.25, -0.2) is 14.7 Å². The topological polar surface area (TPSA) is 100 Å². The maximum absolute atomic E-state index is 13.2. The SMILES string of the molecule is COC(=O)c1ccc(N2C(=O)CC(Sc3nc4c(cc3C#N)CC(c3ccccc3)CC4)C2=O)cc1. The zero-order chi connectivity index (χ0) is 25.2. The number of fused-ring (bicyclic) bond motifs is 1. The van der Waals surface area contributed by atoms with Crippen molar-refractivity contribution in [1.82, 2.24) is 4.98 Å². The third kappa shape index (κ3) is 4.50. The predicted molar refractivity (Wildman–Crippen MR) is 135 cm³/mol. The van der Waals surface area contributed by atoms with Crippen molar-refractivity contribution in [2.75, 3.05) is 12.0 Å². The van der Waals surface area contributed by atoms with Crippen LogP contribution in [0.3, 0.4) is 0 Å². The molecule has 1 aliphatic carbocycles. The molecule has 1 saturated heterocycles. The third-order valence-corrected chi connectivity index (χ3v) is 7.84. The Morgan fingerprint density at radius 2 is 1.86 bits per heavy atom. The number of benzene rings is 2. The van der Waals surface area contributed by atoms with Crippen LogP contribution < -0.4 is 4.90 Å². The zero-order valence-corrected chi connectivity index (χ0v) is 20.5. The van der Waals surface area contributed by atoms with Crippen molar-refractivity contribution in [1.29, 1.82) is 5.26 Å². The Morgan fingerprint density at radius 1 is 1.11 bits per heavy atom. The summed E-state index contributed by atoms with van der Waals surface area (Å²) in [6.07, 6.45) is 2.60. The number of imide groups is 1. The normalized spacial score (nSPS) is 19.1. The molecule has 2 heterocycles. The number of nitriles is 1. The highest BCUT2D eigenvalue weighted by Gasteiger charge is 2.41. The summed E-state index contributed by atoms with van der Waals surface area (Å²) in [7, 11) is 1.29. The number of carbonyl (C=O) groups is 3. The first kappa shape index (κ1) is 23.8. The second-order valence-electron chi connectivity index (χ2n) is 8.83. The second kappa shape index (κ2) is 9.96. The highest BCUT2D eigenvalue weighted by molar-refractivity contribution is 8.00. The minimum absolute atomic E-state index is 0.0158. The van der Waals surface area contributed by atoms with Gasteiger partial charge in [0.05, 0.1) is 29.2 Å². The van der Waals surface area contributed by atoms with E-state index in [0.29, 0.717) is 27.8 Å². The Kier molecular flexibility index (Phi) is 6.57. The van der Waals surface area contributed by atoms with Gasteiger partial charge in [-0.05, 0) is 66.6 Å². The highest BCUT2D eigenvalue weighted by atomic mass is 32.2. The number of thioether (sulfide) groups is 1. The minimum atomic E-state index is -0.670. The molecule has 2 aliphatic rings. The molecular formula is C28H23N3O4S. The molecule has 0 spiro atoms. The summed E-state index contributed by atoms with van der Waals surface area (Å²) in [5.74, 6) is -0.792. The van der Waals surface area contributed by atoms with Crippen LogP contribution in [0.15, 0.2) is 65.7 Å². The maximum Gasteiger partial charge on any atom is 0.337 e. The van der Waals surface area contributed by atoms with E-state index in [4.69, 9.17) is 9.72 Å². The van der Waals surface area contributed by atoms with Crippen LogP contribution in [0.2, 0.25) is 0 Å². The van der Waals surface area contributed by atoms with Crippen LogP contribution in [-0.2, 0) is 27.2 Å². The summed E-state index contributed by atoms with van der Waals surface area (Å²) in [6.45, 7) is 0. The lowest BCUT2D eigenvalue weighted by Gasteiger charge is -2.25. The van der Waals surface area contributed by atoms with Crippen molar-refractivity contribution in [2.45, 2.75) is 41.9 Å². The summed E-state index contributed by atoms with van der Waals surface area (Å²) in [5.41, 5.74) is 4.46. The standard InChI is InChI=1S/C28H23N3O4S/c1-35-28(34)18-7-10-22(11-8-18)31-25(32)15-24(27(31)33)36-26-21(16-29)14-20-13-19(9-12-23(20)30-26)17-5-3-2-4-6-17/h2-8,10-11,14,19,24H,9,12-13,15H2,1H3. The predicted octanol–water partition coefficient (Wildman–Crippen LogP) is 4.44. The van der Waals surface area contributed by atoms with Crippen molar-refractivity contribution in [3.63, 3.8) is 0 Å². The number of hydrogen-bond acceptors (Lipinski definition) is 7. The molecule has 1 fully saturated rings. The number of carbonyl (C=O) groups excluding carboxylic acids is 3. The van der Waals surface area contributed by atoms with Crippen molar-refractivity contribution in [2.24, 2.45) is 0 Å². The molecule has 1 aliphatic heterocycles. The molecule has 36 heavy (non-hydrogen) atoms. The van der Waals surface area contributed by atoms with E-state index in [-0.39, 0.29) is 18.2 Å². The number of esters is 1. The molecule has 0 bridgehead atoms. The molecule has 1 aromatic heterocycles. The molecule has 8 heteroatoms. The van der Waals surface area contributed by atoms with Gasteiger partial charge in [-0.2, -0.15) is 5.26 Å². The Labute approximate surface area is 213 Å². The summed E-state index contributed by atoms with van der Waals surface area (Å²) in [4.78, 5) is 43.5. The number of rotatable bonds is 5. The largest absolute Gasteiger partial charge is 0.465 e. The van der Waals surface area contributed by atoms with Crippen molar-refractivity contribution >= 4 is 35.2 Å². The summed E-state index contributed by atoms with van der Waals surface area (Å²) in [6, 6.07) is 20.6. The first-order valence-corrected chi connectivity index (χ1v) is 12.6. The molecule has 2 aromatic carbocycles. The Hall–Kier alpha value is -3.96. The van der Waals surface area contributed by atoms with Crippen molar-refractivity contribution < 1.29 is 19.1 Å². The van der Waals surface area contributed by atoms with E-state index in [0.717, 1.165) is 35.4 Å². The second-order valence-corrected chi connectivity index (χ2v) is 10.0. The van der Waals surface area contributed by atoms with E-state index in [1.807, 2.05) is 24.3 Å². The molecule has 0 radical (unpaired) electrons. The van der Waals surface area contributed by atoms with Crippen LogP contribution in [0.4, 0.5) is 5.69 Å². The fraction of sp³-hybridized carbons (Fsp3) is 0.250. The van der Waals surface area contributed by atoms with Crippen LogP contribution in [-0.4, -0.2) is 35.1 Å². The van der Waals surface area contributed by atoms with Gasteiger partial charge in [-0.3, -0.25) is 9.59 Å². The van der Waals surface area contributed by atoms with E-state index in [9.17, 15) is 19.6 Å². The van der Waals surface area contributed by atoms with Crippen LogP contribution in [0.1, 0.15) is 51.5 Å². The van der Waals surface area contributed by atoms with E-state index in [2.05, 4.69) is 18.2 Å². The average Bonchev–Trinajstić information content (AvgIpc) is 3.20. The molecule has 2 unspecified atom stereocenters. The number of pyridine rings is 1. The lowest BCUT2D eigenvalue weighted by Crippen LogP contribution is -2.31. The molecule has 3 aromatic rings. The van der Waals surface area contributed by atoms with E-state index >= 15 is 0 Å². The Bertz CT molecular complexity index is 1380. The maximum atomic E-state index is 13.2. The van der Waals surface area contributed by atoms with E-state index in [1.54, 1.807) is 12.1 Å². The van der Waals surface area contributed by atoms with Gasteiger partial charge in [0.15, 0.2) is 0 Å². The molecule has 2 atom stereocenters. The number of ether oxygens (including phenoxy) is 1. The number of nitrogens with zero attached hydrogens (tertiary/aromatic N) is 3. The summed E-state index contributed by atoms with van der Waals surface area (Å²) in [5, 5.41) is 9.63. The van der Waals surface area contributed by atoms with Crippen LogP contribution in [0.25, 0.3) is 0 Å². The zero-order valence-electron chi connectivity index (χ0n) is 19.6. The van der Waals surface area contributed by atoms with Crippen molar-refractivity contribution in [3.8, 4) is 6.07 Å². The molecular weight excluding hydrogens is 474 g/mol. The lowest BCUT2D eigenvalue weighted by atomic mass is 9.82. The van der Waals surface area contributed by atoms with Gasteiger partial charge < -0.3 is 4.74 Å². The minimum Gasteiger partial charge on any atom is -0.465 e. The molecule has 2 amide bonds. The number of anilines is 1. The lowest BCUT2D eigenvalue weighted by molar-refractivity contribution is -0.121. The van der Waals surface area contributed by atoms with Gasteiger partial charge in [-0.1, -0.05) is 42.1 Å². The number of hydrogen-bond donors (Lipinski definition) is 0. The molecule has 7 nitrogen and oxygen atoms in total. The van der Waals surface area contributed by atoms with Gasteiger partial charge in [0, 0.05) is 12.1 Å². The van der Waals surface area contributed by atoms with E-state index in [1.165, 1.54) is 36.6 Å². The fourth-order valence-electron chi connectivity index (χ4n) is 4.79. The smallest absolute Gasteiger partial charge is 0.337 e. The van der Waals surface area contributed by atoms with Crippen LogP contribution >= 0.6 is 11.8 Å². The van der Waals surface area contributed by atoms with E-state index < -0.39 is 11.2 Å². The van der Waals surface area contributed by atoms with Crippen LogP contribution in [0, 0.1) is 11.3 Å². The van der Waals surface area contributed by atoms with Gasteiger partial charge >= 0.3 is 5.97 Å². The number of amides is 2. The van der Waals surface area contributed by atoms with Crippen LogP contribution in [0.5, 0.6) is 0 Å². The fourth-order valence-corrected chi connectivity index (χ4v) is 5.89. The number of methoxy groups -OCH3 is 1. The monoisotopic (exact) mass is 497 g/mol. The quantitative estimate of drug-likeness (QED) is 0.380. The molecule has 180 valence electrons. The summed E-state index contributed by atoms with van der Waals surface area (Å²) >= 11 is 1.17. The first-order valence-electron chi connectivity index (χ1n) is 11.7. The highest BCUT2D eigenvalue weighted by Crippen LogP contribution is 2.38. The third-order valence-electron chi connectivity index (χ3n) is 6.65. The molecule has 0 saturated carbocycles. The molecule has 5 rings (SSSR count). The Morgan fingerprint density at radius 3 is 2.56 bits per heavy atom. The number of aromatic nitrogens is 1. The van der Waals surface area contributed by atoms with Gasteiger partial charge in [0.25, 0.3) is 0 Å².